The van der Waals surface area contributed by atoms with E-state index in [1.54, 1.807) is 4.90 Å². The molecular weight excluding hydrogens is 210 g/mol. The summed E-state index contributed by atoms with van der Waals surface area (Å²) in [7, 11) is 0. The molecule has 1 aliphatic heterocycles. The maximum atomic E-state index is 11.4. The largest absolute Gasteiger partial charge is 0.444 e. The zero-order valence-corrected chi connectivity index (χ0v) is 10.4. The number of nitrogens with zero attached hydrogens (tertiary/aromatic N) is 1. The van der Waals surface area contributed by atoms with Gasteiger partial charge in [-0.15, -0.1) is 0 Å². The summed E-state index contributed by atoms with van der Waals surface area (Å²) in [4.78, 5) is 13.1. The van der Waals surface area contributed by atoms with E-state index in [0.29, 0.717) is 0 Å². The number of likely N-dealkylation sites (tertiary alicyclic amines) is 1. The molecule has 1 rings (SSSR count). The maximum Gasteiger partial charge on any atom is 0.410 e. The topological polar surface area (TPSA) is 70.0 Å². The lowest BCUT2D eigenvalue weighted by molar-refractivity contribution is 0.0295. The molecule has 0 aliphatic carbocycles. The van der Waals surface area contributed by atoms with E-state index >= 15 is 0 Å². The second kappa shape index (κ2) is 7.46. The van der Waals surface area contributed by atoms with Gasteiger partial charge in [-0.3, -0.25) is 0 Å². The van der Waals surface area contributed by atoms with E-state index in [-0.39, 0.29) is 24.9 Å². The van der Waals surface area contributed by atoms with Gasteiger partial charge in [0.1, 0.15) is 5.60 Å². The van der Waals surface area contributed by atoms with E-state index < -0.39 is 0 Å². The predicted molar refractivity (Wildman–Crippen MR) is 61.2 cm³/mol. The van der Waals surface area contributed by atoms with Crippen molar-refractivity contribution in [1.82, 2.24) is 4.90 Å². The fraction of sp³-hybridized carbons (Fsp3) is 0.909. The quantitative estimate of drug-likeness (QED) is 0.708. The molecule has 1 aliphatic rings. The zero-order chi connectivity index (χ0) is 12.6. The van der Waals surface area contributed by atoms with Crippen molar-refractivity contribution in [2.75, 3.05) is 26.3 Å². The number of ether oxygens (including phenoxy) is 1. The van der Waals surface area contributed by atoms with Crippen molar-refractivity contribution in [2.45, 2.75) is 39.2 Å². The lowest BCUT2D eigenvalue weighted by Gasteiger charge is -2.23. The number of amides is 1. The number of rotatable bonds is 1. The molecule has 0 spiro atoms. The fourth-order valence-corrected chi connectivity index (χ4v) is 1.23. The molecule has 0 bridgehead atoms. The van der Waals surface area contributed by atoms with E-state index in [1.165, 1.54) is 0 Å². The zero-order valence-electron chi connectivity index (χ0n) is 10.4. The van der Waals surface area contributed by atoms with Crippen LogP contribution >= 0.6 is 0 Å². The second-order valence-corrected chi connectivity index (χ2v) is 4.62. The second-order valence-electron chi connectivity index (χ2n) is 4.62. The van der Waals surface area contributed by atoms with Crippen LogP contribution < -0.4 is 0 Å². The molecule has 1 amide bonds. The van der Waals surface area contributed by atoms with E-state index in [1.807, 2.05) is 20.8 Å². The standard InChI is InChI=1S/C9H17NO2.C2H6O2/c1-9(2,3)12-8(11)10-6-4-5-7-10;3-1-2-4/h4-7H2,1-3H3;3-4H,1-2H2. The van der Waals surface area contributed by atoms with Gasteiger partial charge >= 0.3 is 6.09 Å². The Hall–Kier alpha value is -0.810. The first-order valence-electron chi connectivity index (χ1n) is 5.60. The minimum Gasteiger partial charge on any atom is -0.444 e. The van der Waals surface area contributed by atoms with Crippen LogP contribution in [-0.4, -0.2) is 53.1 Å². The van der Waals surface area contributed by atoms with Crippen LogP contribution in [0.15, 0.2) is 0 Å². The van der Waals surface area contributed by atoms with Crippen molar-refractivity contribution in [1.29, 1.82) is 0 Å². The molecule has 2 N–H and O–H groups in total. The van der Waals surface area contributed by atoms with Crippen LogP contribution in [0.1, 0.15) is 33.6 Å². The third-order valence-electron chi connectivity index (χ3n) is 1.86. The molecule has 96 valence electrons. The summed E-state index contributed by atoms with van der Waals surface area (Å²) < 4.78 is 5.21. The SMILES string of the molecule is CC(C)(C)OC(=O)N1CCCC1.OCCO. The molecule has 5 nitrogen and oxygen atoms in total. The Labute approximate surface area is 97.0 Å². The van der Waals surface area contributed by atoms with Gasteiger partial charge in [0.2, 0.25) is 0 Å². The Morgan fingerprint density at radius 2 is 1.62 bits per heavy atom. The minimum absolute atomic E-state index is 0.125. The fourth-order valence-electron chi connectivity index (χ4n) is 1.23. The van der Waals surface area contributed by atoms with Crippen molar-refractivity contribution in [3.8, 4) is 0 Å². The summed E-state index contributed by atoms with van der Waals surface area (Å²) in [5, 5.41) is 15.2. The highest BCUT2D eigenvalue weighted by Crippen LogP contribution is 2.14. The van der Waals surface area contributed by atoms with Crippen molar-refractivity contribution < 1.29 is 19.7 Å². The van der Waals surface area contributed by atoms with Gasteiger partial charge in [0.15, 0.2) is 0 Å². The van der Waals surface area contributed by atoms with Crippen LogP contribution in [0.5, 0.6) is 0 Å². The van der Waals surface area contributed by atoms with Crippen LogP contribution in [0.3, 0.4) is 0 Å². The van der Waals surface area contributed by atoms with Gasteiger partial charge in [0, 0.05) is 13.1 Å². The van der Waals surface area contributed by atoms with E-state index in [0.717, 1.165) is 25.9 Å². The third kappa shape index (κ3) is 7.48. The van der Waals surface area contributed by atoms with E-state index in [4.69, 9.17) is 14.9 Å². The number of hydrogen-bond acceptors (Lipinski definition) is 4. The normalized spacial score (nSPS) is 15.4. The van der Waals surface area contributed by atoms with Gasteiger partial charge < -0.3 is 19.8 Å². The van der Waals surface area contributed by atoms with Gasteiger partial charge in [-0.2, -0.15) is 0 Å². The van der Waals surface area contributed by atoms with Crippen LogP contribution in [0.25, 0.3) is 0 Å². The molecule has 0 aromatic heterocycles. The van der Waals surface area contributed by atoms with Gasteiger partial charge in [0.25, 0.3) is 0 Å². The number of carbonyl (C=O) groups excluding carboxylic acids is 1. The summed E-state index contributed by atoms with van der Waals surface area (Å²) in [5.74, 6) is 0. The van der Waals surface area contributed by atoms with Crippen LogP contribution in [0.4, 0.5) is 4.79 Å². The number of carbonyl (C=O) groups is 1. The Kier molecular flexibility index (Phi) is 7.08. The van der Waals surface area contributed by atoms with Crippen molar-refractivity contribution in [3.05, 3.63) is 0 Å². The molecule has 0 aromatic carbocycles. The van der Waals surface area contributed by atoms with Crippen LogP contribution in [-0.2, 0) is 4.74 Å². The predicted octanol–water partition coefficient (Wildman–Crippen LogP) is 0.988. The highest BCUT2D eigenvalue weighted by molar-refractivity contribution is 5.68. The lowest BCUT2D eigenvalue weighted by Crippen LogP contribution is -2.34. The van der Waals surface area contributed by atoms with E-state index in [9.17, 15) is 4.79 Å². The summed E-state index contributed by atoms with van der Waals surface area (Å²) in [6.45, 7) is 7.13. The molecular formula is C11H23NO4. The van der Waals surface area contributed by atoms with E-state index in [2.05, 4.69) is 0 Å². The summed E-state index contributed by atoms with van der Waals surface area (Å²) in [5.41, 5.74) is -0.361. The summed E-state index contributed by atoms with van der Waals surface area (Å²) in [6, 6.07) is 0. The Morgan fingerprint density at radius 3 is 1.94 bits per heavy atom. The molecule has 0 unspecified atom stereocenters. The summed E-state index contributed by atoms with van der Waals surface area (Å²) >= 11 is 0. The molecule has 0 atom stereocenters. The van der Waals surface area contributed by atoms with Gasteiger partial charge in [-0.25, -0.2) is 4.79 Å². The molecule has 0 saturated carbocycles. The number of aliphatic hydroxyl groups is 2. The first-order valence-corrected chi connectivity index (χ1v) is 5.60. The Balaban J connectivity index is 0.000000487. The Bertz CT molecular complexity index is 193. The van der Waals surface area contributed by atoms with Gasteiger partial charge in [0.05, 0.1) is 13.2 Å². The van der Waals surface area contributed by atoms with Crippen molar-refractivity contribution >= 4 is 6.09 Å². The monoisotopic (exact) mass is 233 g/mol. The van der Waals surface area contributed by atoms with Crippen LogP contribution in [0, 0.1) is 0 Å². The molecule has 0 radical (unpaired) electrons. The number of aliphatic hydroxyl groups excluding tert-OH is 2. The Morgan fingerprint density at radius 1 is 1.19 bits per heavy atom. The highest BCUT2D eigenvalue weighted by atomic mass is 16.6. The average molecular weight is 233 g/mol. The number of hydrogen-bond donors (Lipinski definition) is 2. The lowest BCUT2D eigenvalue weighted by atomic mass is 10.2. The van der Waals surface area contributed by atoms with Crippen molar-refractivity contribution in [3.63, 3.8) is 0 Å². The molecule has 1 saturated heterocycles. The average Bonchev–Trinajstić information content (AvgIpc) is 2.68. The molecule has 0 aromatic rings. The molecule has 16 heavy (non-hydrogen) atoms. The first kappa shape index (κ1) is 15.2. The maximum absolute atomic E-state index is 11.4. The van der Waals surface area contributed by atoms with Gasteiger partial charge in [-0.05, 0) is 33.6 Å². The first-order chi connectivity index (χ1) is 7.40. The third-order valence-corrected chi connectivity index (χ3v) is 1.86. The van der Waals surface area contributed by atoms with Crippen LogP contribution in [0.2, 0.25) is 0 Å². The minimum atomic E-state index is -0.361. The molecule has 5 heteroatoms. The molecule has 1 fully saturated rings. The summed E-state index contributed by atoms with van der Waals surface area (Å²) in [6.07, 6.45) is 2.05. The molecule has 1 heterocycles. The highest BCUT2D eigenvalue weighted by Gasteiger charge is 2.23. The van der Waals surface area contributed by atoms with Crippen molar-refractivity contribution in [2.24, 2.45) is 0 Å². The smallest absolute Gasteiger partial charge is 0.410 e. The van der Waals surface area contributed by atoms with Gasteiger partial charge in [-0.1, -0.05) is 0 Å².